The molecule has 1 rings (SSSR count). The van der Waals surface area contributed by atoms with E-state index in [1.54, 1.807) is 35.6 Å². The highest BCUT2D eigenvalue weighted by molar-refractivity contribution is 5.80. The number of hydrogen-bond acceptors (Lipinski definition) is 4. The SMILES string of the molecule is O=C(N[C@@H](COC(F)(F)F)C(=O)O)OCc1ccccc1. The number of rotatable bonds is 6. The Bertz CT molecular complexity index is 478. The monoisotopic (exact) mass is 307 g/mol. The van der Waals surface area contributed by atoms with Gasteiger partial charge < -0.3 is 15.2 Å². The zero-order valence-corrected chi connectivity index (χ0v) is 10.6. The molecular weight excluding hydrogens is 295 g/mol. The molecular formula is C12H12F3NO5. The number of halogens is 3. The normalized spacial score (nSPS) is 12.5. The summed E-state index contributed by atoms with van der Waals surface area (Å²) in [5.41, 5.74) is 0.645. The lowest BCUT2D eigenvalue weighted by molar-refractivity contribution is -0.325. The fourth-order valence-electron chi connectivity index (χ4n) is 1.26. The summed E-state index contributed by atoms with van der Waals surface area (Å²) >= 11 is 0. The molecule has 9 heteroatoms. The van der Waals surface area contributed by atoms with E-state index < -0.39 is 31.1 Å². The van der Waals surface area contributed by atoms with Gasteiger partial charge in [-0.1, -0.05) is 30.3 Å². The van der Waals surface area contributed by atoms with Crippen LogP contribution < -0.4 is 5.32 Å². The lowest BCUT2D eigenvalue weighted by Crippen LogP contribution is -2.45. The van der Waals surface area contributed by atoms with Gasteiger partial charge in [-0.05, 0) is 5.56 Å². The highest BCUT2D eigenvalue weighted by Crippen LogP contribution is 2.16. The maximum absolute atomic E-state index is 11.8. The number of amides is 1. The van der Waals surface area contributed by atoms with E-state index in [2.05, 4.69) is 4.74 Å². The first-order chi connectivity index (χ1) is 9.78. The van der Waals surface area contributed by atoms with Crippen LogP contribution in [0.15, 0.2) is 30.3 Å². The molecule has 0 radical (unpaired) electrons. The van der Waals surface area contributed by atoms with Crippen molar-refractivity contribution in [1.29, 1.82) is 0 Å². The Morgan fingerprint density at radius 1 is 1.24 bits per heavy atom. The third-order valence-electron chi connectivity index (χ3n) is 2.22. The summed E-state index contributed by atoms with van der Waals surface area (Å²) in [5.74, 6) is -1.67. The molecule has 0 saturated heterocycles. The van der Waals surface area contributed by atoms with Gasteiger partial charge >= 0.3 is 18.4 Å². The minimum atomic E-state index is -4.98. The van der Waals surface area contributed by atoms with Crippen LogP contribution in [0, 0.1) is 0 Å². The molecule has 0 aromatic heterocycles. The number of benzene rings is 1. The Morgan fingerprint density at radius 3 is 2.38 bits per heavy atom. The topological polar surface area (TPSA) is 84.9 Å². The number of hydrogen-bond donors (Lipinski definition) is 2. The number of ether oxygens (including phenoxy) is 2. The molecule has 0 aliphatic rings. The van der Waals surface area contributed by atoms with Crippen LogP contribution in [0.4, 0.5) is 18.0 Å². The average Bonchev–Trinajstić information content (AvgIpc) is 2.41. The van der Waals surface area contributed by atoms with Crippen molar-refractivity contribution in [2.75, 3.05) is 6.61 Å². The number of carboxylic acid groups (broad SMARTS) is 1. The second-order valence-electron chi connectivity index (χ2n) is 3.85. The number of carboxylic acids is 1. The van der Waals surface area contributed by atoms with Gasteiger partial charge in [-0.15, -0.1) is 13.2 Å². The quantitative estimate of drug-likeness (QED) is 0.838. The Hall–Kier alpha value is -2.29. The molecule has 2 N–H and O–H groups in total. The first-order valence-corrected chi connectivity index (χ1v) is 5.68. The van der Waals surface area contributed by atoms with Gasteiger partial charge in [0.2, 0.25) is 0 Å². The molecule has 0 saturated carbocycles. The molecule has 0 fully saturated rings. The van der Waals surface area contributed by atoms with Crippen molar-refractivity contribution >= 4 is 12.1 Å². The number of aliphatic carboxylic acids is 1. The van der Waals surface area contributed by atoms with Crippen LogP contribution in [0.25, 0.3) is 0 Å². The van der Waals surface area contributed by atoms with Crippen LogP contribution >= 0.6 is 0 Å². The number of alkyl halides is 3. The highest BCUT2D eigenvalue weighted by atomic mass is 19.4. The maximum atomic E-state index is 11.8. The second-order valence-corrected chi connectivity index (χ2v) is 3.85. The van der Waals surface area contributed by atoms with E-state index in [1.807, 2.05) is 0 Å². The van der Waals surface area contributed by atoms with Gasteiger partial charge in [0.05, 0.1) is 6.61 Å². The molecule has 6 nitrogen and oxygen atoms in total. The maximum Gasteiger partial charge on any atom is 0.522 e. The minimum absolute atomic E-state index is 0.140. The van der Waals surface area contributed by atoms with Crippen LogP contribution in [-0.2, 0) is 20.9 Å². The van der Waals surface area contributed by atoms with Crippen LogP contribution in [-0.4, -0.2) is 36.2 Å². The van der Waals surface area contributed by atoms with E-state index in [-0.39, 0.29) is 6.61 Å². The van der Waals surface area contributed by atoms with Crippen molar-refractivity contribution in [2.24, 2.45) is 0 Å². The molecule has 1 atom stereocenters. The van der Waals surface area contributed by atoms with Crippen molar-refractivity contribution in [3.8, 4) is 0 Å². The van der Waals surface area contributed by atoms with Crippen molar-refractivity contribution in [3.05, 3.63) is 35.9 Å². The van der Waals surface area contributed by atoms with E-state index in [0.717, 1.165) is 0 Å². The number of carbonyl (C=O) groups is 2. The third kappa shape index (κ3) is 7.16. The highest BCUT2D eigenvalue weighted by Gasteiger charge is 2.33. The van der Waals surface area contributed by atoms with Crippen molar-refractivity contribution in [1.82, 2.24) is 5.32 Å². The third-order valence-corrected chi connectivity index (χ3v) is 2.22. The van der Waals surface area contributed by atoms with Crippen LogP contribution in [0.5, 0.6) is 0 Å². The molecule has 1 aromatic carbocycles. The standard InChI is InChI=1S/C12H12F3NO5/c13-12(14,15)21-7-9(10(17)18)16-11(19)20-6-8-4-2-1-3-5-8/h1-5,9H,6-7H2,(H,16,19)(H,17,18)/t9-/m0/s1. The van der Waals surface area contributed by atoms with E-state index in [4.69, 9.17) is 9.84 Å². The Morgan fingerprint density at radius 2 is 1.86 bits per heavy atom. The predicted molar refractivity (Wildman–Crippen MR) is 63.2 cm³/mol. The fourth-order valence-corrected chi connectivity index (χ4v) is 1.26. The molecule has 0 aliphatic carbocycles. The van der Waals surface area contributed by atoms with E-state index in [1.165, 1.54) is 0 Å². The molecule has 0 aliphatic heterocycles. The van der Waals surface area contributed by atoms with Gasteiger partial charge in [0.25, 0.3) is 0 Å². The minimum Gasteiger partial charge on any atom is -0.480 e. The van der Waals surface area contributed by atoms with E-state index >= 15 is 0 Å². The summed E-state index contributed by atoms with van der Waals surface area (Å²) in [6.45, 7) is -1.39. The van der Waals surface area contributed by atoms with E-state index in [9.17, 15) is 22.8 Å². The molecule has 21 heavy (non-hydrogen) atoms. The largest absolute Gasteiger partial charge is 0.522 e. The molecule has 0 heterocycles. The van der Waals surface area contributed by atoms with Crippen molar-refractivity contribution in [3.63, 3.8) is 0 Å². The lowest BCUT2D eigenvalue weighted by atomic mass is 10.2. The summed E-state index contributed by atoms with van der Waals surface area (Å²) in [5, 5.41) is 10.5. The van der Waals surface area contributed by atoms with Gasteiger partial charge in [-0.2, -0.15) is 0 Å². The first kappa shape index (κ1) is 16.8. The smallest absolute Gasteiger partial charge is 0.480 e. The molecule has 0 unspecified atom stereocenters. The number of alkyl carbamates (subject to hydrolysis) is 1. The predicted octanol–water partition coefficient (Wildman–Crippen LogP) is 1.90. The zero-order valence-electron chi connectivity index (χ0n) is 10.6. The Labute approximate surface area is 117 Å². The van der Waals surface area contributed by atoms with Gasteiger partial charge in [0, 0.05) is 0 Å². The summed E-state index contributed by atoms with van der Waals surface area (Å²) in [7, 11) is 0. The average molecular weight is 307 g/mol. The van der Waals surface area contributed by atoms with Gasteiger partial charge in [-0.3, -0.25) is 4.74 Å². The fraction of sp³-hybridized carbons (Fsp3) is 0.333. The molecule has 0 spiro atoms. The summed E-state index contributed by atoms with van der Waals surface area (Å²) < 4.78 is 43.5. The summed E-state index contributed by atoms with van der Waals surface area (Å²) in [4.78, 5) is 22.0. The molecule has 1 aromatic rings. The first-order valence-electron chi connectivity index (χ1n) is 5.68. The summed E-state index contributed by atoms with van der Waals surface area (Å²) in [6.07, 6.45) is -6.14. The van der Waals surface area contributed by atoms with Crippen LogP contribution in [0.3, 0.4) is 0 Å². The van der Waals surface area contributed by atoms with Gasteiger partial charge in [0.15, 0.2) is 6.04 Å². The Balaban J connectivity index is 2.43. The molecule has 0 bridgehead atoms. The van der Waals surface area contributed by atoms with Crippen molar-refractivity contribution in [2.45, 2.75) is 19.0 Å². The number of nitrogens with one attached hydrogen (secondary N) is 1. The lowest BCUT2D eigenvalue weighted by Gasteiger charge is -2.15. The van der Waals surface area contributed by atoms with Gasteiger partial charge in [-0.25, -0.2) is 9.59 Å². The zero-order chi connectivity index (χ0) is 15.9. The van der Waals surface area contributed by atoms with Crippen LogP contribution in [0.2, 0.25) is 0 Å². The number of carbonyl (C=O) groups excluding carboxylic acids is 1. The second kappa shape index (κ2) is 7.48. The van der Waals surface area contributed by atoms with Crippen LogP contribution in [0.1, 0.15) is 5.56 Å². The Kier molecular flexibility index (Phi) is 5.97. The van der Waals surface area contributed by atoms with E-state index in [0.29, 0.717) is 5.56 Å². The molecule has 1 amide bonds. The van der Waals surface area contributed by atoms with Gasteiger partial charge in [0.1, 0.15) is 6.61 Å². The van der Waals surface area contributed by atoms with Crippen molar-refractivity contribution < 1.29 is 37.3 Å². The molecule has 116 valence electrons. The summed E-state index contributed by atoms with van der Waals surface area (Å²) in [6, 6.07) is 6.61.